The molecule has 0 saturated carbocycles. The lowest BCUT2D eigenvalue weighted by Crippen LogP contribution is -2.48. The van der Waals surface area contributed by atoms with Gasteiger partial charge in [0.1, 0.15) is 5.82 Å². The van der Waals surface area contributed by atoms with Crippen molar-refractivity contribution in [2.75, 3.05) is 5.32 Å². The highest BCUT2D eigenvalue weighted by atomic mass is 19.1. The minimum absolute atomic E-state index is 0.00467. The number of hydrogen-bond acceptors (Lipinski definition) is 4. The second kappa shape index (κ2) is 6.74. The summed E-state index contributed by atoms with van der Waals surface area (Å²) in [6.45, 7) is 1.26. The summed E-state index contributed by atoms with van der Waals surface area (Å²) >= 11 is 0. The first-order chi connectivity index (χ1) is 12.3. The van der Waals surface area contributed by atoms with Crippen LogP contribution in [0.15, 0.2) is 18.2 Å². The zero-order chi connectivity index (χ0) is 19.0. The average Bonchev–Trinajstić information content (AvgIpc) is 3.13. The number of rotatable bonds is 3. The number of nitrogens with two attached hydrogens (primary N) is 1. The molecule has 4 N–H and O–H groups in total. The van der Waals surface area contributed by atoms with Crippen molar-refractivity contribution in [3.05, 3.63) is 29.6 Å². The van der Waals surface area contributed by atoms with Gasteiger partial charge in [0.25, 0.3) is 5.91 Å². The minimum Gasteiger partial charge on any atom is -0.361 e. The van der Waals surface area contributed by atoms with Gasteiger partial charge in [-0.1, -0.05) is 0 Å². The van der Waals surface area contributed by atoms with Gasteiger partial charge < -0.3 is 21.3 Å². The largest absolute Gasteiger partial charge is 0.361 e. The van der Waals surface area contributed by atoms with Crippen molar-refractivity contribution >= 4 is 29.3 Å². The van der Waals surface area contributed by atoms with Crippen LogP contribution in [-0.2, 0) is 14.4 Å². The van der Waals surface area contributed by atoms with E-state index in [1.54, 1.807) is 4.90 Å². The summed E-state index contributed by atoms with van der Waals surface area (Å²) < 4.78 is 14.1. The van der Waals surface area contributed by atoms with Gasteiger partial charge in [-0.05, 0) is 37.5 Å². The second-order valence-corrected chi connectivity index (χ2v) is 6.57. The van der Waals surface area contributed by atoms with E-state index in [1.165, 1.54) is 19.1 Å². The lowest BCUT2D eigenvalue weighted by atomic mass is 9.95. The van der Waals surface area contributed by atoms with Gasteiger partial charge in [0.05, 0.1) is 17.8 Å². The SMILES string of the molecule is CC(=O)Nc1ccc(C(=O)N2[C@@H]3CC[C@H]2[C@@H](NC(=O)C(N)=O)C3)cc1F. The van der Waals surface area contributed by atoms with E-state index < -0.39 is 23.5 Å². The molecule has 0 radical (unpaired) electrons. The highest BCUT2D eigenvalue weighted by Crippen LogP contribution is 2.39. The van der Waals surface area contributed by atoms with Crippen LogP contribution >= 0.6 is 0 Å². The summed E-state index contributed by atoms with van der Waals surface area (Å²) in [6, 6.07) is 3.20. The molecule has 1 aromatic rings. The maximum Gasteiger partial charge on any atom is 0.309 e. The fraction of sp³-hybridized carbons (Fsp3) is 0.412. The Balaban J connectivity index is 1.76. The number of anilines is 1. The third kappa shape index (κ3) is 3.24. The molecule has 2 fully saturated rings. The smallest absolute Gasteiger partial charge is 0.309 e. The Morgan fingerprint density at radius 1 is 1.23 bits per heavy atom. The van der Waals surface area contributed by atoms with Gasteiger partial charge in [-0.3, -0.25) is 19.2 Å². The number of amides is 4. The van der Waals surface area contributed by atoms with Gasteiger partial charge in [-0.15, -0.1) is 0 Å². The fourth-order valence-electron chi connectivity index (χ4n) is 3.79. The van der Waals surface area contributed by atoms with E-state index in [9.17, 15) is 23.6 Å². The molecule has 0 spiro atoms. The lowest BCUT2D eigenvalue weighted by Gasteiger charge is -2.25. The van der Waals surface area contributed by atoms with Crippen molar-refractivity contribution in [1.82, 2.24) is 10.2 Å². The van der Waals surface area contributed by atoms with Crippen molar-refractivity contribution in [3.63, 3.8) is 0 Å². The van der Waals surface area contributed by atoms with Gasteiger partial charge in [0, 0.05) is 18.5 Å². The van der Waals surface area contributed by atoms with Crippen molar-refractivity contribution < 1.29 is 23.6 Å². The maximum absolute atomic E-state index is 14.1. The molecular formula is C17H19FN4O4. The molecule has 2 saturated heterocycles. The van der Waals surface area contributed by atoms with E-state index >= 15 is 0 Å². The van der Waals surface area contributed by atoms with E-state index in [2.05, 4.69) is 10.6 Å². The molecule has 2 heterocycles. The molecule has 3 atom stereocenters. The van der Waals surface area contributed by atoms with Crippen molar-refractivity contribution in [3.8, 4) is 0 Å². The number of carbonyl (C=O) groups excluding carboxylic acids is 4. The molecule has 2 aliphatic rings. The van der Waals surface area contributed by atoms with Crippen LogP contribution in [0.1, 0.15) is 36.5 Å². The maximum atomic E-state index is 14.1. The van der Waals surface area contributed by atoms with Crippen molar-refractivity contribution in [1.29, 1.82) is 0 Å². The summed E-state index contributed by atoms with van der Waals surface area (Å²) in [5.74, 6) is -3.40. The predicted molar refractivity (Wildman–Crippen MR) is 89.4 cm³/mol. The number of nitrogens with zero attached hydrogens (tertiary/aromatic N) is 1. The van der Waals surface area contributed by atoms with Crippen LogP contribution in [0.5, 0.6) is 0 Å². The molecule has 4 amide bonds. The van der Waals surface area contributed by atoms with Crippen molar-refractivity contribution in [2.24, 2.45) is 5.73 Å². The fourth-order valence-corrected chi connectivity index (χ4v) is 3.79. The Hall–Kier alpha value is -2.97. The van der Waals surface area contributed by atoms with Gasteiger partial charge in [-0.2, -0.15) is 0 Å². The molecule has 2 bridgehead atoms. The van der Waals surface area contributed by atoms with Gasteiger partial charge in [-0.25, -0.2) is 4.39 Å². The van der Waals surface area contributed by atoms with Gasteiger partial charge in [0.2, 0.25) is 5.91 Å². The Morgan fingerprint density at radius 2 is 1.96 bits per heavy atom. The molecule has 3 rings (SSSR count). The first-order valence-corrected chi connectivity index (χ1v) is 8.28. The second-order valence-electron chi connectivity index (χ2n) is 6.57. The number of benzene rings is 1. The first kappa shape index (κ1) is 17.8. The monoisotopic (exact) mass is 362 g/mol. The topological polar surface area (TPSA) is 122 Å². The summed E-state index contributed by atoms with van der Waals surface area (Å²) in [4.78, 5) is 48.0. The molecular weight excluding hydrogens is 343 g/mol. The highest BCUT2D eigenvalue weighted by molar-refractivity contribution is 6.34. The van der Waals surface area contributed by atoms with E-state index in [1.807, 2.05) is 0 Å². The molecule has 8 nitrogen and oxygen atoms in total. The third-order valence-corrected chi connectivity index (χ3v) is 4.84. The van der Waals surface area contributed by atoms with E-state index in [-0.39, 0.29) is 35.3 Å². The van der Waals surface area contributed by atoms with E-state index in [0.717, 1.165) is 12.5 Å². The first-order valence-electron chi connectivity index (χ1n) is 8.28. The van der Waals surface area contributed by atoms with E-state index in [0.29, 0.717) is 12.8 Å². The Kier molecular flexibility index (Phi) is 4.62. The normalized spacial score (nSPS) is 23.6. The number of fused-ring (bicyclic) bond motifs is 2. The number of primary amides is 1. The molecule has 9 heteroatoms. The molecule has 1 aromatic carbocycles. The van der Waals surface area contributed by atoms with Crippen LogP contribution in [0.2, 0.25) is 0 Å². The molecule has 0 unspecified atom stereocenters. The van der Waals surface area contributed by atoms with Crippen LogP contribution in [-0.4, -0.2) is 46.7 Å². The highest BCUT2D eigenvalue weighted by Gasteiger charge is 2.49. The van der Waals surface area contributed by atoms with Crippen LogP contribution in [0.25, 0.3) is 0 Å². The number of carbonyl (C=O) groups is 4. The summed E-state index contributed by atoms with van der Waals surface area (Å²) in [6.07, 6.45) is 2.00. The average molecular weight is 362 g/mol. The van der Waals surface area contributed by atoms with Crippen LogP contribution in [0, 0.1) is 5.82 Å². The van der Waals surface area contributed by atoms with Gasteiger partial charge >= 0.3 is 11.8 Å². The zero-order valence-corrected chi connectivity index (χ0v) is 14.1. The third-order valence-electron chi connectivity index (χ3n) is 4.84. The Labute approximate surface area is 148 Å². The van der Waals surface area contributed by atoms with Crippen LogP contribution in [0.4, 0.5) is 10.1 Å². The van der Waals surface area contributed by atoms with Crippen LogP contribution in [0.3, 0.4) is 0 Å². The number of halogens is 1. The number of hydrogen-bond donors (Lipinski definition) is 3. The molecule has 138 valence electrons. The lowest BCUT2D eigenvalue weighted by molar-refractivity contribution is -0.137. The minimum atomic E-state index is -1.07. The van der Waals surface area contributed by atoms with Crippen LogP contribution < -0.4 is 16.4 Å². The zero-order valence-electron chi connectivity index (χ0n) is 14.1. The Morgan fingerprint density at radius 3 is 2.58 bits per heavy atom. The standard InChI is InChI=1S/C17H19FN4O4/c1-8(23)20-12-4-2-9(6-11(12)18)17(26)22-10-3-5-14(22)13(7-10)21-16(25)15(19)24/h2,4,6,10,13-14H,3,5,7H2,1H3,(H2,19,24)(H,20,23)(H,21,25)/t10-,13+,14+/m1/s1. The predicted octanol–water partition coefficient (Wildman–Crippen LogP) is 0.131. The summed E-state index contributed by atoms with van der Waals surface area (Å²) in [7, 11) is 0. The Bertz CT molecular complexity index is 797. The number of nitrogens with one attached hydrogen (secondary N) is 2. The van der Waals surface area contributed by atoms with Crippen molar-refractivity contribution in [2.45, 2.75) is 44.3 Å². The van der Waals surface area contributed by atoms with E-state index in [4.69, 9.17) is 5.73 Å². The summed E-state index contributed by atoms with van der Waals surface area (Å²) in [5, 5.41) is 4.91. The quantitative estimate of drug-likeness (QED) is 0.662. The molecule has 2 aliphatic heterocycles. The van der Waals surface area contributed by atoms with Gasteiger partial charge in [0.15, 0.2) is 0 Å². The molecule has 0 aromatic heterocycles. The summed E-state index contributed by atoms with van der Waals surface area (Å²) in [5.41, 5.74) is 5.13. The molecule has 26 heavy (non-hydrogen) atoms. The molecule has 0 aliphatic carbocycles.